The van der Waals surface area contributed by atoms with Gasteiger partial charge in [-0.15, -0.1) is 0 Å². The highest BCUT2D eigenvalue weighted by Gasteiger charge is 2.19. The van der Waals surface area contributed by atoms with Gasteiger partial charge in [-0.25, -0.2) is 15.0 Å². The van der Waals surface area contributed by atoms with Gasteiger partial charge < -0.3 is 13.3 Å². The van der Waals surface area contributed by atoms with Gasteiger partial charge in [-0.1, -0.05) is 103 Å². The van der Waals surface area contributed by atoms with Crippen molar-refractivity contribution in [3.05, 3.63) is 152 Å². The van der Waals surface area contributed by atoms with Crippen LogP contribution in [-0.2, 0) is 0 Å². The smallest absolute Gasteiger partial charge is 0.164 e. The third-order valence-electron chi connectivity index (χ3n) is 9.75. The summed E-state index contributed by atoms with van der Waals surface area (Å²) in [4.78, 5) is 15.4. The van der Waals surface area contributed by atoms with Gasteiger partial charge in [0, 0.05) is 49.0 Å². The fourth-order valence-corrected chi connectivity index (χ4v) is 7.42. The normalized spacial score (nSPS) is 11.9. The lowest BCUT2D eigenvalue weighted by molar-refractivity contribution is 0.668. The van der Waals surface area contributed by atoms with Crippen molar-refractivity contribution < 1.29 is 13.3 Å². The van der Waals surface area contributed by atoms with Crippen LogP contribution in [0, 0.1) is 0 Å². The van der Waals surface area contributed by atoms with Crippen molar-refractivity contribution >= 4 is 65.8 Å². The highest BCUT2D eigenvalue weighted by Crippen LogP contribution is 2.40. The number of rotatable bonds is 4. The van der Waals surface area contributed by atoms with Crippen LogP contribution in [0.2, 0.25) is 0 Å². The number of hydrogen-bond acceptors (Lipinski definition) is 6. The van der Waals surface area contributed by atoms with Crippen LogP contribution in [0.1, 0.15) is 0 Å². The van der Waals surface area contributed by atoms with E-state index in [1.54, 1.807) is 0 Å². The molecule has 238 valence electrons. The van der Waals surface area contributed by atoms with Gasteiger partial charge in [0.25, 0.3) is 0 Å². The minimum atomic E-state index is 0.551. The molecule has 0 radical (unpaired) electrons. The van der Waals surface area contributed by atoms with Crippen LogP contribution in [0.5, 0.6) is 0 Å². The summed E-state index contributed by atoms with van der Waals surface area (Å²) in [5, 5.41) is 6.27. The lowest BCUT2D eigenvalue weighted by atomic mass is 9.98. The quantitative estimate of drug-likeness (QED) is 0.188. The summed E-state index contributed by atoms with van der Waals surface area (Å²) in [6, 6.07) is 51.1. The molecule has 0 aliphatic rings. The first-order chi connectivity index (χ1) is 25.2. The van der Waals surface area contributed by atoms with Crippen molar-refractivity contribution in [2.45, 2.75) is 0 Å². The molecule has 0 aliphatic heterocycles. The minimum Gasteiger partial charge on any atom is -0.456 e. The molecule has 0 atom stereocenters. The Morgan fingerprint density at radius 1 is 0.294 bits per heavy atom. The van der Waals surface area contributed by atoms with Gasteiger partial charge in [0.1, 0.15) is 33.5 Å². The molecule has 51 heavy (non-hydrogen) atoms. The first-order valence-corrected chi connectivity index (χ1v) is 16.8. The Morgan fingerprint density at radius 3 is 1.47 bits per heavy atom. The number of fused-ring (bicyclic) bond motifs is 9. The highest BCUT2D eigenvalue weighted by molar-refractivity contribution is 6.13. The van der Waals surface area contributed by atoms with Gasteiger partial charge in [0.2, 0.25) is 0 Å². The molecule has 6 heteroatoms. The average Bonchev–Trinajstić information content (AvgIpc) is 3.88. The molecule has 0 aliphatic carbocycles. The number of benzene rings is 7. The number of aromatic nitrogens is 3. The maximum absolute atomic E-state index is 6.27. The second kappa shape index (κ2) is 10.7. The van der Waals surface area contributed by atoms with Crippen LogP contribution in [0.15, 0.2) is 165 Å². The Bertz CT molecular complexity index is 3170. The molecule has 4 aromatic heterocycles. The minimum absolute atomic E-state index is 0.551. The van der Waals surface area contributed by atoms with Gasteiger partial charge in [-0.2, -0.15) is 0 Å². The fraction of sp³-hybridized carbons (Fsp3) is 0. The first kappa shape index (κ1) is 27.9. The van der Waals surface area contributed by atoms with Gasteiger partial charge in [-0.3, -0.25) is 0 Å². The van der Waals surface area contributed by atoms with Crippen LogP contribution in [0.3, 0.4) is 0 Å². The van der Waals surface area contributed by atoms with Gasteiger partial charge >= 0.3 is 0 Å². The van der Waals surface area contributed by atoms with Gasteiger partial charge in [0.05, 0.1) is 0 Å². The lowest BCUT2D eigenvalue weighted by Gasteiger charge is -2.11. The maximum atomic E-state index is 6.27. The van der Waals surface area contributed by atoms with Gasteiger partial charge in [0.15, 0.2) is 17.5 Å². The van der Waals surface area contributed by atoms with E-state index in [0.29, 0.717) is 17.5 Å². The topological polar surface area (TPSA) is 78.1 Å². The molecular formula is C45H25N3O3. The summed E-state index contributed by atoms with van der Waals surface area (Å²) >= 11 is 0. The van der Waals surface area contributed by atoms with Crippen molar-refractivity contribution in [3.8, 4) is 45.3 Å². The second-order valence-electron chi connectivity index (χ2n) is 12.8. The SMILES string of the molecule is c1cc(-c2nc(-c3ccc4c(c3)oc3ccccc34)nc(-c3cccc4oc5ccccc5c34)n2)cc(-c2cccc3oc4ccccc4c23)c1. The third-order valence-corrected chi connectivity index (χ3v) is 9.75. The van der Waals surface area contributed by atoms with Crippen LogP contribution in [0.25, 0.3) is 111 Å². The van der Waals surface area contributed by atoms with Crippen LogP contribution in [-0.4, -0.2) is 15.0 Å². The van der Waals surface area contributed by atoms with Crippen molar-refractivity contribution in [2.24, 2.45) is 0 Å². The molecule has 0 amide bonds. The molecule has 4 heterocycles. The summed E-state index contributed by atoms with van der Waals surface area (Å²) in [7, 11) is 0. The van der Waals surface area contributed by atoms with E-state index in [4.69, 9.17) is 28.2 Å². The molecular weight excluding hydrogens is 631 g/mol. The Labute approximate surface area is 290 Å². The summed E-state index contributed by atoms with van der Waals surface area (Å²) < 4.78 is 18.7. The van der Waals surface area contributed by atoms with E-state index >= 15 is 0 Å². The predicted molar refractivity (Wildman–Crippen MR) is 203 cm³/mol. The molecule has 0 saturated carbocycles. The first-order valence-electron chi connectivity index (χ1n) is 16.8. The van der Waals surface area contributed by atoms with Crippen molar-refractivity contribution in [3.63, 3.8) is 0 Å². The molecule has 0 N–H and O–H groups in total. The number of hydrogen-bond donors (Lipinski definition) is 0. The summed E-state index contributed by atoms with van der Waals surface area (Å²) in [6.07, 6.45) is 0. The molecule has 0 saturated heterocycles. The number of nitrogens with zero attached hydrogens (tertiary/aromatic N) is 3. The zero-order chi connectivity index (χ0) is 33.5. The van der Waals surface area contributed by atoms with E-state index in [2.05, 4.69) is 66.7 Å². The molecule has 11 rings (SSSR count). The molecule has 7 aromatic carbocycles. The maximum Gasteiger partial charge on any atom is 0.164 e. The monoisotopic (exact) mass is 655 g/mol. The van der Waals surface area contributed by atoms with E-state index in [1.165, 1.54) is 0 Å². The van der Waals surface area contributed by atoms with Crippen molar-refractivity contribution in [1.29, 1.82) is 0 Å². The zero-order valence-electron chi connectivity index (χ0n) is 27.0. The van der Waals surface area contributed by atoms with E-state index in [0.717, 1.165) is 93.6 Å². The molecule has 6 nitrogen and oxygen atoms in total. The number of para-hydroxylation sites is 3. The Hall–Kier alpha value is -7.05. The summed E-state index contributed by atoms with van der Waals surface area (Å²) in [5.74, 6) is 1.68. The highest BCUT2D eigenvalue weighted by atomic mass is 16.3. The summed E-state index contributed by atoms with van der Waals surface area (Å²) in [6.45, 7) is 0. The van der Waals surface area contributed by atoms with E-state index in [9.17, 15) is 0 Å². The predicted octanol–water partition coefficient (Wildman–Crippen LogP) is 12.2. The second-order valence-corrected chi connectivity index (χ2v) is 12.8. The molecule has 0 fully saturated rings. The van der Waals surface area contributed by atoms with E-state index < -0.39 is 0 Å². The molecule has 11 aromatic rings. The zero-order valence-corrected chi connectivity index (χ0v) is 27.0. The van der Waals surface area contributed by atoms with Gasteiger partial charge in [-0.05, 0) is 59.7 Å². The van der Waals surface area contributed by atoms with E-state index in [-0.39, 0.29) is 0 Å². The Balaban J connectivity index is 1.14. The molecule has 0 bridgehead atoms. The van der Waals surface area contributed by atoms with Crippen LogP contribution < -0.4 is 0 Å². The Kier molecular flexibility index (Phi) is 5.86. The lowest BCUT2D eigenvalue weighted by Crippen LogP contribution is -2.00. The fourth-order valence-electron chi connectivity index (χ4n) is 7.42. The van der Waals surface area contributed by atoms with Crippen LogP contribution >= 0.6 is 0 Å². The standard InChI is InChI=1S/C45H25N3O3/c1-4-17-35-30(12-1)31-23-22-28(25-40(31)51-35)44-46-43(47-45(48-44)34-16-9-21-39-42(34)33-14-3-6-19-37(33)50-39)27-11-7-10-26(24-27)29-15-8-20-38-41(29)32-13-2-5-18-36(32)49-38/h1-25H. The largest absolute Gasteiger partial charge is 0.456 e. The Morgan fingerprint density at radius 2 is 0.765 bits per heavy atom. The molecule has 0 spiro atoms. The van der Waals surface area contributed by atoms with Crippen molar-refractivity contribution in [1.82, 2.24) is 15.0 Å². The number of furan rings is 3. The third kappa shape index (κ3) is 4.33. The van der Waals surface area contributed by atoms with Crippen molar-refractivity contribution in [2.75, 3.05) is 0 Å². The summed E-state index contributed by atoms with van der Waals surface area (Å²) in [5.41, 5.74) is 9.64. The molecule has 0 unspecified atom stereocenters. The van der Waals surface area contributed by atoms with Crippen LogP contribution in [0.4, 0.5) is 0 Å². The van der Waals surface area contributed by atoms with E-state index in [1.807, 2.05) is 84.9 Å². The average molecular weight is 656 g/mol.